The number of Topliss-reactive ketones (excluding diaryl/α,β-unsaturated/α-hetero) is 1. The summed E-state index contributed by atoms with van der Waals surface area (Å²) in [5, 5.41) is 0. The van der Waals surface area contributed by atoms with E-state index in [9.17, 15) is 4.79 Å². The molecule has 0 N–H and O–H groups in total. The van der Waals surface area contributed by atoms with Crippen molar-refractivity contribution in [3.8, 4) is 0 Å². The molecule has 12 heavy (non-hydrogen) atoms. The van der Waals surface area contributed by atoms with E-state index in [0.29, 0.717) is 17.6 Å². The van der Waals surface area contributed by atoms with Crippen LogP contribution in [0.5, 0.6) is 0 Å². The molecule has 0 bridgehead atoms. The van der Waals surface area contributed by atoms with Gasteiger partial charge in [0.2, 0.25) is 0 Å². The summed E-state index contributed by atoms with van der Waals surface area (Å²) in [6.45, 7) is 4.41. The van der Waals surface area contributed by atoms with Crippen LogP contribution >= 0.6 is 0 Å². The molecular formula is C11H20O. The molecule has 0 saturated heterocycles. The van der Waals surface area contributed by atoms with Gasteiger partial charge >= 0.3 is 0 Å². The second-order valence-corrected chi connectivity index (χ2v) is 4.39. The molecule has 0 aromatic heterocycles. The molecule has 0 aromatic carbocycles. The van der Waals surface area contributed by atoms with E-state index in [1.807, 2.05) is 0 Å². The number of hydrogen-bond donors (Lipinski definition) is 0. The van der Waals surface area contributed by atoms with Crippen molar-refractivity contribution in [2.24, 2.45) is 11.8 Å². The van der Waals surface area contributed by atoms with Gasteiger partial charge in [0, 0.05) is 12.3 Å². The molecular weight excluding hydrogens is 148 g/mol. The first-order chi connectivity index (χ1) is 5.70. The van der Waals surface area contributed by atoms with Gasteiger partial charge in [-0.3, -0.25) is 4.79 Å². The smallest absolute Gasteiger partial charge is 0.135 e. The van der Waals surface area contributed by atoms with Crippen molar-refractivity contribution in [1.29, 1.82) is 0 Å². The van der Waals surface area contributed by atoms with Crippen LogP contribution in [0.1, 0.15) is 52.4 Å². The molecule has 0 spiro atoms. The fourth-order valence-electron chi connectivity index (χ4n) is 2.05. The Bertz CT molecular complexity index is 149. The van der Waals surface area contributed by atoms with Crippen molar-refractivity contribution < 1.29 is 4.79 Å². The third-order valence-electron chi connectivity index (χ3n) is 2.69. The summed E-state index contributed by atoms with van der Waals surface area (Å²) in [5.41, 5.74) is 0. The van der Waals surface area contributed by atoms with Crippen LogP contribution in [-0.2, 0) is 4.79 Å². The minimum absolute atomic E-state index is 0.396. The first-order valence-electron chi connectivity index (χ1n) is 5.23. The van der Waals surface area contributed by atoms with E-state index < -0.39 is 0 Å². The molecule has 1 saturated carbocycles. The highest BCUT2D eigenvalue weighted by Gasteiger charge is 2.20. The van der Waals surface area contributed by atoms with Crippen LogP contribution in [0.3, 0.4) is 0 Å². The quantitative estimate of drug-likeness (QED) is 0.579. The lowest BCUT2D eigenvalue weighted by atomic mass is 9.90. The van der Waals surface area contributed by atoms with Crippen LogP contribution in [-0.4, -0.2) is 5.78 Å². The summed E-state index contributed by atoms with van der Waals surface area (Å²) in [7, 11) is 0. The Labute approximate surface area is 75.5 Å². The number of ketones is 1. The van der Waals surface area contributed by atoms with E-state index in [0.717, 1.165) is 25.7 Å². The highest BCUT2D eigenvalue weighted by molar-refractivity contribution is 5.81. The van der Waals surface area contributed by atoms with Crippen LogP contribution in [0.4, 0.5) is 0 Å². The zero-order chi connectivity index (χ0) is 8.97. The van der Waals surface area contributed by atoms with Gasteiger partial charge in [-0.1, -0.05) is 26.7 Å². The Balaban J connectivity index is 2.42. The second kappa shape index (κ2) is 4.64. The fourth-order valence-corrected chi connectivity index (χ4v) is 2.05. The fraction of sp³-hybridized carbons (Fsp3) is 0.909. The summed E-state index contributed by atoms with van der Waals surface area (Å²) in [4.78, 5) is 11.5. The molecule has 1 aliphatic carbocycles. The van der Waals surface area contributed by atoms with Crippen molar-refractivity contribution >= 4 is 5.78 Å². The molecule has 1 unspecified atom stereocenters. The zero-order valence-corrected chi connectivity index (χ0v) is 8.31. The van der Waals surface area contributed by atoms with Crippen molar-refractivity contribution in [2.45, 2.75) is 52.4 Å². The lowest BCUT2D eigenvalue weighted by molar-refractivity contribution is -0.123. The van der Waals surface area contributed by atoms with Gasteiger partial charge in [-0.05, 0) is 25.2 Å². The van der Waals surface area contributed by atoms with Crippen LogP contribution < -0.4 is 0 Å². The molecule has 1 aliphatic rings. The molecule has 1 fully saturated rings. The molecule has 1 nitrogen and oxygen atoms in total. The Hall–Kier alpha value is -0.330. The number of hydrogen-bond acceptors (Lipinski definition) is 1. The molecule has 0 aliphatic heterocycles. The number of carbonyl (C=O) groups is 1. The topological polar surface area (TPSA) is 17.1 Å². The third-order valence-corrected chi connectivity index (χ3v) is 2.69. The van der Waals surface area contributed by atoms with E-state index in [1.165, 1.54) is 12.8 Å². The average Bonchev–Trinajstić information content (AvgIpc) is 2.16. The first kappa shape index (κ1) is 9.76. The van der Waals surface area contributed by atoms with E-state index in [4.69, 9.17) is 0 Å². The Morgan fingerprint density at radius 3 is 2.75 bits per heavy atom. The van der Waals surface area contributed by atoms with Crippen molar-refractivity contribution in [3.05, 3.63) is 0 Å². The minimum atomic E-state index is 0.396. The lowest BCUT2D eigenvalue weighted by Gasteiger charge is -2.14. The Morgan fingerprint density at radius 1 is 1.33 bits per heavy atom. The van der Waals surface area contributed by atoms with Crippen molar-refractivity contribution in [3.63, 3.8) is 0 Å². The van der Waals surface area contributed by atoms with Gasteiger partial charge in [-0.15, -0.1) is 0 Å². The van der Waals surface area contributed by atoms with E-state index in [1.54, 1.807) is 0 Å². The highest BCUT2D eigenvalue weighted by Crippen LogP contribution is 2.25. The van der Waals surface area contributed by atoms with Gasteiger partial charge in [0.25, 0.3) is 0 Å². The molecule has 1 atom stereocenters. The third kappa shape index (κ3) is 2.96. The molecule has 70 valence electrons. The van der Waals surface area contributed by atoms with E-state index in [-0.39, 0.29) is 0 Å². The van der Waals surface area contributed by atoms with Crippen molar-refractivity contribution in [1.82, 2.24) is 0 Å². The lowest BCUT2D eigenvalue weighted by Crippen LogP contribution is -2.14. The van der Waals surface area contributed by atoms with Crippen LogP contribution in [0.25, 0.3) is 0 Å². The summed E-state index contributed by atoms with van der Waals surface area (Å²) in [6, 6.07) is 0. The maximum atomic E-state index is 11.5. The minimum Gasteiger partial charge on any atom is -0.299 e. The largest absolute Gasteiger partial charge is 0.299 e. The average molecular weight is 168 g/mol. The standard InChI is InChI=1S/C11H20O/c1-9(2)8-10-6-4-3-5-7-11(10)12/h9-10H,3-8H2,1-2H3. The van der Waals surface area contributed by atoms with Crippen LogP contribution in [0.15, 0.2) is 0 Å². The molecule has 0 radical (unpaired) electrons. The summed E-state index contributed by atoms with van der Waals surface area (Å²) in [6.07, 6.45) is 6.77. The number of rotatable bonds is 2. The van der Waals surface area contributed by atoms with Crippen molar-refractivity contribution in [2.75, 3.05) is 0 Å². The Kier molecular flexibility index (Phi) is 3.77. The maximum absolute atomic E-state index is 11.5. The summed E-state index contributed by atoms with van der Waals surface area (Å²) in [5.74, 6) is 1.60. The molecule has 1 rings (SSSR count). The van der Waals surface area contributed by atoms with E-state index >= 15 is 0 Å². The molecule has 0 aromatic rings. The predicted molar refractivity (Wildman–Crippen MR) is 51.0 cm³/mol. The van der Waals surface area contributed by atoms with Gasteiger partial charge in [0.15, 0.2) is 0 Å². The van der Waals surface area contributed by atoms with Crippen LogP contribution in [0.2, 0.25) is 0 Å². The molecule has 1 heteroatoms. The van der Waals surface area contributed by atoms with Gasteiger partial charge < -0.3 is 0 Å². The van der Waals surface area contributed by atoms with E-state index in [2.05, 4.69) is 13.8 Å². The normalized spacial score (nSPS) is 25.9. The molecule has 0 amide bonds. The summed E-state index contributed by atoms with van der Waals surface area (Å²) >= 11 is 0. The summed E-state index contributed by atoms with van der Waals surface area (Å²) < 4.78 is 0. The van der Waals surface area contributed by atoms with Gasteiger partial charge in [-0.2, -0.15) is 0 Å². The molecule has 0 heterocycles. The second-order valence-electron chi connectivity index (χ2n) is 4.39. The predicted octanol–water partition coefficient (Wildman–Crippen LogP) is 3.18. The highest BCUT2D eigenvalue weighted by atomic mass is 16.1. The van der Waals surface area contributed by atoms with Gasteiger partial charge in [-0.25, -0.2) is 0 Å². The van der Waals surface area contributed by atoms with Gasteiger partial charge in [0.1, 0.15) is 5.78 Å². The first-order valence-corrected chi connectivity index (χ1v) is 5.23. The SMILES string of the molecule is CC(C)CC1CCCCCC1=O. The Morgan fingerprint density at radius 2 is 2.08 bits per heavy atom. The monoisotopic (exact) mass is 168 g/mol. The number of carbonyl (C=O) groups excluding carboxylic acids is 1. The van der Waals surface area contributed by atoms with Gasteiger partial charge in [0.05, 0.1) is 0 Å². The zero-order valence-electron chi connectivity index (χ0n) is 8.31. The maximum Gasteiger partial charge on any atom is 0.135 e. The van der Waals surface area contributed by atoms with Crippen LogP contribution in [0, 0.1) is 11.8 Å².